The van der Waals surface area contributed by atoms with Gasteiger partial charge in [-0.1, -0.05) is 48.5 Å². The van der Waals surface area contributed by atoms with Crippen molar-refractivity contribution in [3.63, 3.8) is 0 Å². The van der Waals surface area contributed by atoms with Crippen LogP contribution in [0.2, 0.25) is 0 Å². The highest BCUT2D eigenvalue weighted by Crippen LogP contribution is 2.37. The molecule has 0 spiro atoms. The molecule has 1 aliphatic carbocycles. The summed E-state index contributed by atoms with van der Waals surface area (Å²) < 4.78 is 25.5. The maximum Gasteiger partial charge on any atom is 0.173 e. The zero-order chi connectivity index (χ0) is 17.9. The summed E-state index contributed by atoms with van der Waals surface area (Å²) in [5.41, 5.74) is 2.10. The van der Waals surface area contributed by atoms with E-state index in [-0.39, 0.29) is 36.3 Å². The van der Waals surface area contributed by atoms with E-state index in [1.165, 1.54) is 6.07 Å². The van der Waals surface area contributed by atoms with Gasteiger partial charge in [0.05, 0.1) is 30.5 Å². The van der Waals surface area contributed by atoms with Crippen molar-refractivity contribution in [1.82, 2.24) is 0 Å². The molecule has 0 N–H and O–H groups in total. The third-order valence-electron chi connectivity index (χ3n) is 5.22. The van der Waals surface area contributed by atoms with Gasteiger partial charge in [-0.25, -0.2) is 4.39 Å². The fraction of sp³-hybridized carbons (Fsp3) is 0.318. The Balaban J connectivity index is 1.40. The normalized spacial score (nSPS) is 25.2. The fourth-order valence-corrected chi connectivity index (χ4v) is 3.76. The molecule has 3 unspecified atom stereocenters. The number of hydrogen-bond acceptors (Lipinski definition) is 3. The van der Waals surface area contributed by atoms with Gasteiger partial charge in [0.1, 0.15) is 11.9 Å². The van der Waals surface area contributed by atoms with Crippen LogP contribution >= 0.6 is 0 Å². The van der Waals surface area contributed by atoms with Crippen LogP contribution in [0.25, 0.3) is 5.57 Å². The quantitative estimate of drug-likeness (QED) is 0.812. The average Bonchev–Trinajstić information content (AvgIpc) is 2.68. The number of carbonyl (C=O) groups excluding carboxylic acids is 1. The van der Waals surface area contributed by atoms with E-state index in [1.54, 1.807) is 24.5 Å². The van der Waals surface area contributed by atoms with Crippen molar-refractivity contribution in [2.45, 2.75) is 38.1 Å². The van der Waals surface area contributed by atoms with Gasteiger partial charge in [-0.15, -0.1) is 0 Å². The van der Waals surface area contributed by atoms with E-state index in [2.05, 4.69) is 0 Å². The van der Waals surface area contributed by atoms with Gasteiger partial charge in [0.2, 0.25) is 0 Å². The molecule has 1 fully saturated rings. The molecular formula is C22H21FO3. The van der Waals surface area contributed by atoms with Crippen LogP contribution in [0.3, 0.4) is 0 Å². The molecule has 0 radical (unpaired) electrons. The van der Waals surface area contributed by atoms with Gasteiger partial charge < -0.3 is 9.47 Å². The molecule has 4 rings (SSSR count). The van der Waals surface area contributed by atoms with Crippen molar-refractivity contribution in [2.24, 2.45) is 5.92 Å². The van der Waals surface area contributed by atoms with Crippen LogP contribution in [-0.4, -0.2) is 18.0 Å². The topological polar surface area (TPSA) is 35.5 Å². The predicted molar refractivity (Wildman–Crippen MR) is 96.6 cm³/mol. The molecule has 2 aromatic rings. The number of Topliss-reactive ketones (excluding diaryl/α,β-unsaturated/α-hetero) is 1. The lowest BCUT2D eigenvalue weighted by Crippen LogP contribution is -2.41. The Labute approximate surface area is 152 Å². The Bertz CT molecular complexity index is 815. The molecule has 3 nitrogen and oxygen atoms in total. The van der Waals surface area contributed by atoms with Crippen LogP contribution in [0.1, 0.15) is 30.4 Å². The zero-order valence-corrected chi connectivity index (χ0v) is 14.4. The van der Waals surface area contributed by atoms with Gasteiger partial charge in [-0.3, -0.25) is 4.79 Å². The molecule has 0 amide bonds. The Kier molecular flexibility index (Phi) is 4.85. The predicted octanol–water partition coefficient (Wildman–Crippen LogP) is 4.52. The number of allylic oxidation sites excluding steroid dienone is 1. The van der Waals surface area contributed by atoms with E-state index in [0.717, 1.165) is 18.4 Å². The van der Waals surface area contributed by atoms with E-state index < -0.39 is 0 Å². The molecule has 1 aliphatic heterocycles. The summed E-state index contributed by atoms with van der Waals surface area (Å²) >= 11 is 0. The first-order chi connectivity index (χ1) is 12.7. The molecule has 3 atom stereocenters. The molecule has 2 aromatic carbocycles. The average molecular weight is 352 g/mol. The number of ketones is 1. The van der Waals surface area contributed by atoms with E-state index in [0.29, 0.717) is 17.6 Å². The largest absolute Gasteiger partial charge is 0.496 e. The first-order valence-electron chi connectivity index (χ1n) is 9.02. The molecule has 4 heteroatoms. The molecule has 2 aliphatic rings. The van der Waals surface area contributed by atoms with Gasteiger partial charge in [-0.2, -0.15) is 0 Å². The number of hydrogen-bond donors (Lipinski definition) is 0. The van der Waals surface area contributed by atoms with Crippen LogP contribution in [0.4, 0.5) is 4.39 Å². The third-order valence-corrected chi connectivity index (χ3v) is 5.22. The lowest BCUT2D eigenvalue weighted by atomic mass is 9.78. The van der Waals surface area contributed by atoms with Crippen molar-refractivity contribution >= 4 is 11.4 Å². The van der Waals surface area contributed by atoms with Crippen LogP contribution in [-0.2, 0) is 20.9 Å². The molecule has 0 aromatic heterocycles. The summed E-state index contributed by atoms with van der Waals surface area (Å²) in [5.74, 6) is -0.218. The Morgan fingerprint density at radius 2 is 1.81 bits per heavy atom. The number of halogens is 1. The molecule has 0 saturated heterocycles. The lowest BCUT2D eigenvalue weighted by molar-refractivity contribution is -0.128. The SMILES string of the molecule is O=C1C(c2ccccc2)=COC2CC(OCc3ccccc3F)CCC12. The number of rotatable bonds is 4. The second-order valence-electron chi connectivity index (χ2n) is 6.88. The number of fused-ring (bicyclic) bond motifs is 1. The Morgan fingerprint density at radius 3 is 2.62 bits per heavy atom. The summed E-state index contributed by atoms with van der Waals surface area (Å²) in [5, 5.41) is 0. The summed E-state index contributed by atoms with van der Waals surface area (Å²) in [6.07, 6.45) is 3.59. The molecule has 1 saturated carbocycles. The Morgan fingerprint density at radius 1 is 1.04 bits per heavy atom. The van der Waals surface area contributed by atoms with Crippen LogP contribution in [0, 0.1) is 11.7 Å². The van der Waals surface area contributed by atoms with E-state index >= 15 is 0 Å². The van der Waals surface area contributed by atoms with Crippen LogP contribution in [0.5, 0.6) is 0 Å². The summed E-state index contributed by atoms with van der Waals surface area (Å²) in [4.78, 5) is 12.9. The molecule has 0 bridgehead atoms. The minimum Gasteiger partial charge on any atom is -0.496 e. The molecular weight excluding hydrogens is 331 g/mol. The highest BCUT2D eigenvalue weighted by atomic mass is 19.1. The first kappa shape index (κ1) is 17.0. The van der Waals surface area contributed by atoms with Crippen molar-refractivity contribution in [3.05, 3.63) is 77.8 Å². The second kappa shape index (κ2) is 7.42. The number of carbonyl (C=O) groups is 1. The van der Waals surface area contributed by atoms with E-state index in [1.807, 2.05) is 30.3 Å². The molecule has 1 heterocycles. The minimum absolute atomic E-state index is 0.0182. The number of ether oxygens (including phenoxy) is 2. The fourth-order valence-electron chi connectivity index (χ4n) is 3.76. The summed E-state index contributed by atoms with van der Waals surface area (Å²) in [6, 6.07) is 16.3. The van der Waals surface area contributed by atoms with Gasteiger partial charge >= 0.3 is 0 Å². The summed E-state index contributed by atoms with van der Waals surface area (Å²) in [6.45, 7) is 0.244. The number of benzene rings is 2. The van der Waals surface area contributed by atoms with Crippen molar-refractivity contribution in [3.8, 4) is 0 Å². The summed E-state index contributed by atoms with van der Waals surface area (Å²) in [7, 11) is 0. The van der Waals surface area contributed by atoms with Gasteiger partial charge in [0.15, 0.2) is 5.78 Å². The standard InChI is InChI=1S/C22H21FO3/c23-20-9-5-4-8-16(20)13-25-17-10-11-18-21(12-17)26-14-19(22(18)24)15-6-2-1-3-7-15/h1-9,14,17-18,21H,10-13H2. The highest BCUT2D eigenvalue weighted by molar-refractivity contribution is 6.22. The van der Waals surface area contributed by atoms with Crippen molar-refractivity contribution in [1.29, 1.82) is 0 Å². The molecule has 26 heavy (non-hydrogen) atoms. The first-order valence-corrected chi connectivity index (χ1v) is 9.02. The van der Waals surface area contributed by atoms with E-state index in [9.17, 15) is 9.18 Å². The van der Waals surface area contributed by atoms with Crippen LogP contribution in [0.15, 0.2) is 60.9 Å². The highest BCUT2D eigenvalue weighted by Gasteiger charge is 2.40. The Hall–Kier alpha value is -2.46. The lowest BCUT2D eigenvalue weighted by Gasteiger charge is -2.37. The van der Waals surface area contributed by atoms with Crippen molar-refractivity contribution < 1.29 is 18.7 Å². The smallest absolute Gasteiger partial charge is 0.173 e. The van der Waals surface area contributed by atoms with Crippen molar-refractivity contribution in [2.75, 3.05) is 0 Å². The zero-order valence-electron chi connectivity index (χ0n) is 14.4. The van der Waals surface area contributed by atoms with Gasteiger partial charge in [-0.05, 0) is 24.5 Å². The monoisotopic (exact) mass is 352 g/mol. The van der Waals surface area contributed by atoms with Gasteiger partial charge in [0.25, 0.3) is 0 Å². The third kappa shape index (κ3) is 3.42. The molecule has 134 valence electrons. The maximum atomic E-state index is 13.7. The minimum atomic E-state index is -0.249. The maximum absolute atomic E-state index is 13.7. The van der Waals surface area contributed by atoms with E-state index in [4.69, 9.17) is 9.47 Å². The van der Waals surface area contributed by atoms with Gasteiger partial charge in [0, 0.05) is 12.0 Å². The second-order valence-corrected chi connectivity index (χ2v) is 6.88. The van der Waals surface area contributed by atoms with Crippen LogP contribution < -0.4 is 0 Å².